The van der Waals surface area contributed by atoms with Crippen molar-refractivity contribution in [3.63, 3.8) is 0 Å². The summed E-state index contributed by atoms with van der Waals surface area (Å²) in [7, 11) is 0. The summed E-state index contributed by atoms with van der Waals surface area (Å²) >= 11 is 2.92. The van der Waals surface area contributed by atoms with Gasteiger partial charge in [0.15, 0.2) is 10.3 Å². The van der Waals surface area contributed by atoms with Gasteiger partial charge in [0.1, 0.15) is 6.29 Å². The van der Waals surface area contributed by atoms with Gasteiger partial charge in [-0.2, -0.15) is 0 Å². The molecule has 2 aromatic heterocycles. The summed E-state index contributed by atoms with van der Waals surface area (Å²) in [4.78, 5) is 50.9. The third-order valence-corrected chi connectivity index (χ3v) is 18.7. The Morgan fingerprint density at radius 2 is 0.924 bits per heavy atom. The quantitative estimate of drug-likeness (QED) is 0.100. The number of likely N-dealkylation sites (N-methyl/N-ethyl adjacent to an activating group) is 1. The maximum atomic E-state index is 14.3. The minimum absolute atomic E-state index is 0.00842. The summed E-state index contributed by atoms with van der Waals surface area (Å²) in [6.07, 6.45) is 2.22. The first-order chi connectivity index (χ1) is 38.5. The van der Waals surface area contributed by atoms with Gasteiger partial charge >= 0.3 is 0 Å². The number of carbonyl (C=O) groups excluding carboxylic acids is 3. The summed E-state index contributed by atoms with van der Waals surface area (Å²) in [6.45, 7) is 10.6. The smallest absolute Gasteiger partial charge is 0.233 e. The zero-order chi connectivity index (χ0) is 54.5. The molecule has 16 rings (SSSR count). The minimum atomic E-state index is -0.842. The lowest BCUT2D eigenvalue weighted by Gasteiger charge is -2.57. The van der Waals surface area contributed by atoms with Crippen LogP contribution < -0.4 is 21.7 Å². The van der Waals surface area contributed by atoms with Crippen molar-refractivity contribution in [2.75, 3.05) is 30.3 Å². The van der Waals surface area contributed by atoms with Gasteiger partial charge in [-0.25, -0.2) is 9.97 Å². The number of carbonyl (C=O) groups is 3. The Balaban J connectivity index is 0.000000151. The lowest BCUT2D eigenvalue weighted by atomic mass is 9.46. The van der Waals surface area contributed by atoms with Gasteiger partial charge in [0.05, 0.1) is 27.6 Å². The number of hydrogen-bond acceptors (Lipinski definition) is 9. The molecule has 0 saturated carbocycles. The highest BCUT2D eigenvalue weighted by Gasteiger charge is 2.62. The number of thiazole rings is 2. The number of nitrogens with one attached hydrogen (secondary N) is 3. The fourth-order valence-electron chi connectivity index (χ4n) is 13.9. The monoisotopic (exact) mass is 1070 g/mol. The second kappa shape index (κ2) is 20.7. The van der Waals surface area contributed by atoms with E-state index < -0.39 is 16.2 Å². The van der Waals surface area contributed by atoms with E-state index in [2.05, 4.69) is 157 Å². The molecule has 79 heavy (non-hydrogen) atoms. The Kier molecular flexibility index (Phi) is 13.6. The van der Waals surface area contributed by atoms with Gasteiger partial charge in [0.2, 0.25) is 11.8 Å². The second-order valence-corrected chi connectivity index (χ2v) is 23.5. The van der Waals surface area contributed by atoms with Crippen molar-refractivity contribution < 1.29 is 14.4 Å². The zero-order valence-electron chi connectivity index (χ0n) is 44.8. The number of nitrogens with two attached hydrogens (primary N) is 1. The van der Waals surface area contributed by atoms with E-state index in [4.69, 9.17) is 15.7 Å². The highest BCUT2D eigenvalue weighted by molar-refractivity contribution is 7.14. The molecule has 2 unspecified atom stereocenters. The van der Waals surface area contributed by atoms with Crippen molar-refractivity contribution in [1.82, 2.24) is 15.3 Å². The Hall–Kier alpha value is -7.93. The molecule has 4 bridgehead atoms. The first kappa shape index (κ1) is 51.8. The van der Waals surface area contributed by atoms with Crippen LogP contribution in [-0.4, -0.2) is 47.7 Å². The molecule has 5 N–H and O–H groups in total. The van der Waals surface area contributed by atoms with Gasteiger partial charge in [-0.05, 0) is 106 Å². The number of anilines is 2. The molecule has 11 heteroatoms. The Morgan fingerprint density at radius 1 is 0.544 bits per heavy atom. The highest BCUT2D eigenvalue weighted by Crippen LogP contribution is 2.65. The first-order valence-electron chi connectivity index (χ1n) is 27.3. The minimum Gasteiger partial charge on any atom is -0.331 e. The molecule has 9 nitrogen and oxygen atoms in total. The van der Waals surface area contributed by atoms with Gasteiger partial charge in [-0.3, -0.25) is 9.59 Å². The summed E-state index contributed by atoms with van der Waals surface area (Å²) in [5, 5.41) is 19.9. The van der Waals surface area contributed by atoms with E-state index in [1.165, 1.54) is 55.7 Å². The van der Waals surface area contributed by atoms with Crippen LogP contribution in [0.4, 0.5) is 10.3 Å². The average Bonchev–Trinajstić information content (AvgIpc) is 2.85. The fraction of sp³-hybridized carbons (Fsp3) is 0.221. The van der Waals surface area contributed by atoms with Gasteiger partial charge in [0, 0.05) is 45.7 Å². The van der Waals surface area contributed by atoms with E-state index in [-0.39, 0.29) is 29.1 Å². The van der Waals surface area contributed by atoms with Crippen LogP contribution in [0.25, 0.3) is 44.1 Å². The zero-order valence-corrected chi connectivity index (χ0v) is 46.4. The van der Waals surface area contributed by atoms with Gasteiger partial charge < -0.3 is 26.5 Å². The lowest BCUT2D eigenvalue weighted by Crippen LogP contribution is -2.57. The number of nitrogens with zero attached hydrogens (tertiary/aromatic N) is 2. The topological polar surface area (TPSA) is 139 Å². The number of fused-ring (bicyclic) bond motifs is 4. The van der Waals surface area contributed by atoms with Crippen LogP contribution in [0, 0.1) is 10.8 Å². The molecule has 2 heterocycles. The van der Waals surface area contributed by atoms with Crippen LogP contribution in [0.3, 0.4) is 0 Å². The molecule has 8 aromatic carbocycles. The SMILES string of the molecule is CC1(C(=O)Nc2nc(-c3cccc4ccccc34)cs2)CC2(C=O)c3ccccc3C1c1ccccc12.CCN.CCNCC12CC(C)(C(=O)Nc3nc(-c4cccc5ccccc45)cs3)C(c3ccccc31)c1ccccc12. The normalized spacial score (nSPS) is 22.4. The molecule has 6 aliphatic rings. The average molecular weight is 1080 g/mol. The number of hydrogen-bond donors (Lipinski definition) is 4. The largest absolute Gasteiger partial charge is 0.331 e. The molecule has 2 amide bonds. The van der Waals surface area contributed by atoms with E-state index in [9.17, 15) is 14.4 Å². The number of benzene rings is 8. The molecule has 0 radical (unpaired) electrons. The third-order valence-electron chi connectivity index (χ3n) is 17.2. The van der Waals surface area contributed by atoms with E-state index in [0.717, 1.165) is 87.9 Å². The van der Waals surface area contributed by atoms with Gasteiger partial charge in [-0.1, -0.05) is 196 Å². The van der Waals surface area contributed by atoms with Crippen LogP contribution >= 0.6 is 22.7 Å². The predicted octanol–water partition coefficient (Wildman–Crippen LogP) is 14.3. The molecule has 0 fully saturated rings. The number of rotatable bonds is 10. The first-order valence-corrected chi connectivity index (χ1v) is 29.0. The molecule has 6 aliphatic carbocycles. The second-order valence-electron chi connectivity index (χ2n) is 21.8. The third kappa shape index (κ3) is 8.45. The van der Waals surface area contributed by atoms with E-state index in [1.807, 2.05) is 79.2 Å². The molecular weight excluding hydrogens is 1010 g/mol. The van der Waals surface area contributed by atoms with Crippen LogP contribution in [0.2, 0.25) is 0 Å². The summed E-state index contributed by atoms with van der Waals surface area (Å²) < 4.78 is 0. The van der Waals surface area contributed by atoms with Crippen LogP contribution in [0.15, 0.2) is 193 Å². The molecular formula is C68H62N6O3S2. The summed E-state index contributed by atoms with van der Waals surface area (Å²) in [5.41, 5.74) is 15.6. The Bertz CT molecular complexity index is 3870. The highest BCUT2D eigenvalue weighted by atomic mass is 32.1. The van der Waals surface area contributed by atoms with Gasteiger partial charge in [0.25, 0.3) is 0 Å². The van der Waals surface area contributed by atoms with Crippen LogP contribution in [-0.2, 0) is 25.2 Å². The Morgan fingerprint density at radius 3 is 1.37 bits per heavy atom. The number of aromatic nitrogens is 2. The van der Waals surface area contributed by atoms with Crippen molar-refractivity contribution in [1.29, 1.82) is 0 Å². The van der Waals surface area contributed by atoms with E-state index in [1.54, 1.807) is 0 Å². The predicted molar refractivity (Wildman–Crippen MR) is 323 cm³/mol. The summed E-state index contributed by atoms with van der Waals surface area (Å²) in [5.74, 6) is -0.215. The Labute approximate surface area is 469 Å². The molecule has 10 aromatic rings. The van der Waals surface area contributed by atoms with Crippen molar-refractivity contribution in [3.8, 4) is 22.5 Å². The standard InChI is InChI=1S/C34H31N3OS.C32H24N2O2S.C2H7N/c1-3-35-21-34-20-33(2,30(25-14-6-8-17-27(25)34)26-15-7-9-18-28(26)34)31(38)37-32-36-29(19-39-32)24-16-10-12-22-11-4-5-13-23(22)24;1-31(18-32(19-35)25-15-6-4-12-23(25)28(31)24-13-5-7-16-26(24)32)29(36)34-30-33-27(17-37-30)22-14-8-10-20-9-2-3-11-21(20)22;1-2-3/h4-19,30,35H,3,20-21H2,1-2H3,(H,36,37,38);2-17,19,28H,18H2,1H3,(H,33,34,36);2-3H2,1H3. The maximum Gasteiger partial charge on any atom is 0.233 e. The molecule has 2 atom stereocenters. The molecule has 0 aliphatic heterocycles. The van der Waals surface area contributed by atoms with E-state index >= 15 is 0 Å². The van der Waals surface area contributed by atoms with Crippen molar-refractivity contribution in [3.05, 3.63) is 237 Å². The molecule has 0 saturated heterocycles. The molecule has 394 valence electrons. The van der Waals surface area contributed by atoms with Crippen LogP contribution in [0.1, 0.15) is 96.9 Å². The lowest BCUT2D eigenvalue weighted by molar-refractivity contribution is -0.129. The van der Waals surface area contributed by atoms with Crippen molar-refractivity contribution in [2.45, 2.75) is 63.2 Å². The van der Waals surface area contributed by atoms with E-state index in [0.29, 0.717) is 16.7 Å². The van der Waals surface area contributed by atoms with Crippen LogP contribution in [0.5, 0.6) is 0 Å². The number of aldehydes is 1. The van der Waals surface area contributed by atoms with Crippen molar-refractivity contribution in [2.24, 2.45) is 16.6 Å². The molecule has 0 spiro atoms. The van der Waals surface area contributed by atoms with Gasteiger partial charge in [-0.15, -0.1) is 22.7 Å². The fourth-order valence-corrected chi connectivity index (χ4v) is 15.3. The summed E-state index contributed by atoms with van der Waals surface area (Å²) in [6, 6.07) is 62.7. The number of amides is 2. The van der Waals surface area contributed by atoms with Crippen molar-refractivity contribution >= 4 is 72.6 Å². The maximum absolute atomic E-state index is 14.3.